The van der Waals surface area contributed by atoms with Crippen LogP contribution in [0.4, 0.5) is 5.82 Å². The van der Waals surface area contributed by atoms with Crippen LogP contribution in [0.1, 0.15) is 29.6 Å². The summed E-state index contributed by atoms with van der Waals surface area (Å²) in [5.74, 6) is 1.31. The largest absolute Gasteiger partial charge is 0.309 e. The highest BCUT2D eigenvalue weighted by atomic mass is 127. The van der Waals surface area contributed by atoms with Crippen molar-refractivity contribution in [2.45, 2.75) is 30.1 Å². The Morgan fingerprint density at radius 2 is 1.86 bits per heavy atom. The van der Waals surface area contributed by atoms with Gasteiger partial charge < -0.3 is 5.32 Å². The van der Waals surface area contributed by atoms with Gasteiger partial charge in [0.1, 0.15) is 15.6 Å². The van der Waals surface area contributed by atoms with Crippen molar-refractivity contribution in [2.24, 2.45) is 0 Å². The Morgan fingerprint density at radius 1 is 1.19 bits per heavy atom. The smallest absolute Gasteiger partial charge is 0.239 e. The molecule has 3 rings (SSSR count). The molecule has 1 aliphatic heterocycles. The second-order valence-electron chi connectivity index (χ2n) is 5.50. The van der Waals surface area contributed by atoms with Gasteiger partial charge in [-0.15, -0.1) is 0 Å². The van der Waals surface area contributed by atoms with Crippen LogP contribution in [0.5, 0.6) is 0 Å². The molecule has 1 aromatic heterocycles. The zero-order chi connectivity index (χ0) is 15.2. The Balaban J connectivity index is 2.33. The van der Waals surface area contributed by atoms with Crippen molar-refractivity contribution in [1.29, 1.82) is 0 Å². The molecule has 1 N–H and O–H groups in total. The molecule has 0 saturated carbocycles. The predicted octanol–water partition coefficient (Wildman–Crippen LogP) is 3.16. The molecule has 0 spiro atoms. The Kier molecular flexibility index (Phi) is 3.47. The summed E-state index contributed by atoms with van der Waals surface area (Å²) in [6, 6.07) is 10.1. The minimum atomic E-state index is -0.433. The second-order valence-corrected chi connectivity index (χ2v) is 6.75. The van der Waals surface area contributed by atoms with Gasteiger partial charge in [-0.2, -0.15) is 0 Å². The van der Waals surface area contributed by atoms with Gasteiger partial charge in [0.05, 0.1) is 0 Å². The predicted molar refractivity (Wildman–Crippen MR) is 90.8 cm³/mol. The van der Waals surface area contributed by atoms with Gasteiger partial charge in [-0.3, -0.25) is 4.79 Å². The van der Waals surface area contributed by atoms with Gasteiger partial charge in [0.2, 0.25) is 5.91 Å². The summed E-state index contributed by atoms with van der Waals surface area (Å²) >= 11 is 2.22. The Labute approximate surface area is 137 Å². The molecule has 21 heavy (non-hydrogen) atoms. The fourth-order valence-electron chi connectivity index (χ4n) is 3.07. The lowest BCUT2D eigenvalue weighted by molar-refractivity contribution is -0.116. The van der Waals surface area contributed by atoms with Crippen molar-refractivity contribution in [3.8, 4) is 0 Å². The summed E-state index contributed by atoms with van der Waals surface area (Å²) in [7, 11) is 0. The molecule has 1 amide bonds. The van der Waals surface area contributed by atoms with Gasteiger partial charge >= 0.3 is 0 Å². The van der Waals surface area contributed by atoms with E-state index in [1.54, 1.807) is 0 Å². The first-order valence-corrected chi connectivity index (χ1v) is 8.05. The number of carbonyl (C=O) groups excluding carboxylic acids is 1. The maximum absolute atomic E-state index is 12.4. The van der Waals surface area contributed by atoms with Crippen molar-refractivity contribution in [3.05, 3.63) is 53.0 Å². The zero-order valence-electron chi connectivity index (χ0n) is 12.1. The van der Waals surface area contributed by atoms with E-state index in [2.05, 4.69) is 56.9 Å². The number of benzene rings is 1. The molecule has 2 atom stereocenters. The first-order valence-electron chi connectivity index (χ1n) is 6.80. The number of anilines is 1. The molecule has 1 aromatic carbocycles. The Bertz CT molecular complexity index is 717. The summed E-state index contributed by atoms with van der Waals surface area (Å²) in [6.45, 7) is 5.92. The molecular formula is C16H16IN3O. The van der Waals surface area contributed by atoms with Gasteiger partial charge in [0.25, 0.3) is 0 Å². The van der Waals surface area contributed by atoms with Crippen LogP contribution in [0.15, 0.2) is 30.3 Å². The molecule has 2 aromatic rings. The summed E-state index contributed by atoms with van der Waals surface area (Å²) < 4.78 is -0.213. The summed E-state index contributed by atoms with van der Waals surface area (Å²) in [5.41, 5.74) is 2.61. The second kappa shape index (κ2) is 5.05. The number of hydrogen-bond acceptors (Lipinski definition) is 3. The molecule has 0 bridgehead atoms. The van der Waals surface area contributed by atoms with Crippen LogP contribution in [0, 0.1) is 13.8 Å². The molecule has 5 heteroatoms. The SMILES string of the molecule is Cc1nc(C)c2c(n1)NC(=O)C(I)C2(C)c1ccccc1. The summed E-state index contributed by atoms with van der Waals surface area (Å²) in [6.07, 6.45) is 0. The number of amides is 1. The van der Waals surface area contributed by atoms with Crippen LogP contribution in [0.25, 0.3) is 0 Å². The number of aromatic nitrogens is 2. The topological polar surface area (TPSA) is 54.9 Å². The number of alkyl halides is 1. The highest BCUT2D eigenvalue weighted by Crippen LogP contribution is 2.46. The average Bonchev–Trinajstić information content (AvgIpc) is 2.45. The normalized spacial score (nSPS) is 24.4. The van der Waals surface area contributed by atoms with Crippen molar-refractivity contribution >= 4 is 34.3 Å². The number of fused-ring (bicyclic) bond motifs is 1. The third kappa shape index (κ3) is 2.14. The third-order valence-electron chi connectivity index (χ3n) is 4.07. The molecule has 1 aliphatic rings. The van der Waals surface area contributed by atoms with E-state index >= 15 is 0 Å². The maximum Gasteiger partial charge on any atom is 0.239 e. The number of rotatable bonds is 1. The first kappa shape index (κ1) is 14.4. The standard InChI is InChI=1S/C16H16IN3O/c1-9-12-14(19-10(2)18-9)20-15(21)13(17)16(12,3)11-7-5-4-6-8-11/h4-8,13H,1-3H3,(H,18,19,20,21). The fraction of sp³-hybridized carbons (Fsp3) is 0.312. The van der Waals surface area contributed by atoms with E-state index in [4.69, 9.17) is 0 Å². The van der Waals surface area contributed by atoms with E-state index in [0.717, 1.165) is 16.8 Å². The number of aryl methyl sites for hydroxylation is 2. The number of nitrogens with zero attached hydrogens (tertiary/aromatic N) is 2. The monoisotopic (exact) mass is 393 g/mol. The lowest BCUT2D eigenvalue weighted by atomic mass is 9.71. The van der Waals surface area contributed by atoms with Crippen molar-refractivity contribution in [1.82, 2.24) is 9.97 Å². The van der Waals surface area contributed by atoms with E-state index in [-0.39, 0.29) is 9.83 Å². The van der Waals surface area contributed by atoms with Crippen LogP contribution in [-0.2, 0) is 10.2 Å². The van der Waals surface area contributed by atoms with Crippen molar-refractivity contribution < 1.29 is 4.79 Å². The highest BCUT2D eigenvalue weighted by molar-refractivity contribution is 14.1. The molecule has 108 valence electrons. The van der Waals surface area contributed by atoms with E-state index < -0.39 is 5.41 Å². The highest BCUT2D eigenvalue weighted by Gasteiger charge is 2.47. The van der Waals surface area contributed by atoms with E-state index in [9.17, 15) is 4.79 Å². The van der Waals surface area contributed by atoms with Crippen LogP contribution in [0.3, 0.4) is 0 Å². The lowest BCUT2D eigenvalue weighted by Crippen LogP contribution is -2.47. The number of halogens is 1. The molecule has 4 nitrogen and oxygen atoms in total. The van der Waals surface area contributed by atoms with Crippen LogP contribution < -0.4 is 5.32 Å². The summed E-state index contributed by atoms with van der Waals surface area (Å²) in [4.78, 5) is 21.3. The molecule has 0 aliphatic carbocycles. The Hall–Kier alpha value is -1.50. The minimum Gasteiger partial charge on any atom is -0.309 e. The van der Waals surface area contributed by atoms with Crippen LogP contribution >= 0.6 is 22.6 Å². The van der Waals surface area contributed by atoms with Gasteiger partial charge in [0.15, 0.2) is 0 Å². The number of carbonyl (C=O) groups is 1. The zero-order valence-corrected chi connectivity index (χ0v) is 14.3. The quantitative estimate of drug-likeness (QED) is 0.598. The maximum atomic E-state index is 12.4. The molecule has 2 unspecified atom stereocenters. The van der Waals surface area contributed by atoms with E-state index in [1.165, 1.54) is 0 Å². The van der Waals surface area contributed by atoms with Crippen LogP contribution in [0.2, 0.25) is 0 Å². The lowest BCUT2D eigenvalue weighted by Gasteiger charge is -2.40. The van der Waals surface area contributed by atoms with Crippen molar-refractivity contribution in [3.63, 3.8) is 0 Å². The minimum absolute atomic E-state index is 0.00745. The molecule has 0 radical (unpaired) electrons. The van der Waals surface area contributed by atoms with Gasteiger partial charge in [-0.1, -0.05) is 52.9 Å². The fourth-order valence-corrected chi connectivity index (χ4v) is 3.90. The number of hydrogen-bond donors (Lipinski definition) is 1. The molecule has 0 saturated heterocycles. The molecule has 2 heterocycles. The third-order valence-corrected chi connectivity index (χ3v) is 5.88. The Morgan fingerprint density at radius 3 is 2.52 bits per heavy atom. The van der Waals surface area contributed by atoms with Crippen molar-refractivity contribution in [2.75, 3.05) is 5.32 Å². The van der Waals surface area contributed by atoms with Crippen LogP contribution in [-0.4, -0.2) is 19.8 Å². The number of nitrogens with one attached hydrogen (secondary N) is 1. The summed E-state index contributed by atoms with van der Waals surface area (Å²) in [5, 5.41) is 2.92. The molecule has 0 fully saturated rings. The van der Waals surface area contributed by atoms with Gasteiger partial charge in [-0.25, -0.2) is 9.97 Å². The average molecular weight is 393 g/mol. The molecular weight excluding hydrogens is 377 g/mol. The van der Waals surface area contributed by atoms with Gasteiger partial charge in [0, 0.05) is 16.7 Å². The van der Waals surface area contributed by atoms with E-state index in [0.29, 0.717) is 11.6 Å². The van der Waals surface area contributed by atoms with Gasteiger partial charge in [-0.05, 0) is 26.3 Å². The first-order chi connectivity index (χ1) is 9.94. The van der Waals surface area contributed by atoms with E-state index in [1.807, 2.05) is 32.0 Å².